The number of fused-ring (bicyclic) bond motifs is 2. The third-order valence-electron chi connectivity index (χ3n) is 6.23. The average Bonchev–Trinajstić information content (AvgIpc) is 3.52. The van der Waals surface area contributed by atoms with Gasteiger partial charge in [-0.15, -0.1) is 0 Å². The average molecular weight is 459 g/mol. The number of epoxide rings is 1. The molecule has 0 spiro atoms. The van der Waals surface area contributed by atoms with Gasteiger partial charge in [0.2, 0.25) is 5.79 Å². The molecule has 5 rings (SSSR count). The number of benzene rings is 3. The number of rotatable bonds is 6. The zero-order chi connectivity index (χ0) is 23.7. The van der Waals surface area contributed by atoms with E-state index in [1.807, 2.05) is 79.7 Å². The summed E-state index contributed by atoms with van der Waals surface area (Å²) in [6.45, 7) is 1.49. The van der Waals surface area contributed by atoms with Crippen molar-refractivity contribution in [2.45, 2.75) is 38.1 Å². The summed E-state index contributed by atoms with van der Waals surface area (Å²) >= 11 is 0. The van der Waals surface area contributed by atoms with Gasteiger partial charge in [-0.3, -0.25) is 0 Å². The van der Waals surface area contributed by atoms with E-state index in [2.05, 4.69) is 0 Å². The fourth-order valence-electron chi connectivity index (χ4n) is 4.58. The Morgan fingerprint density at radius 3 is 2.29 bits per heavy atom. The van der Waals surface area contributed by atoms with E-state index in [1.54, 1.807) is 0 Å². The van der Waals surface area contributed by atoms with Crippen molar-refractivity contribution in [1.29, 1.82) is 0 Å². The Bertz CT molecular complexity index is 1170. The largest absolute Gasteiger partial charge is 0.481 e. The van der Waals surface area contributed by atoms with Crippen LogP contribution < -0.4 is 9.64 Å². The van der Waals surface area contributed by atoms with Crippen molar-refractivity contribution in [3.05, 3.63) is 89.5 Å². The smallest absolute Gasteiger partial charge is 0.421 e. The standard InChI is InChI=1S/C27H25NO6/c1-18-12-13-19-16-27(23(33-27)15-14-22(19)25(18)32-17-24(29)30)34-26(31)28(20-8-4-2-5-9-20)21-10-6-3-7-11-21/h2-13,23H,14-17H2,1H3,(H,29,30). The Kier molecular flexibility index (Phi) is 5.71. The molecule has 1 N–H and O–H groups in total. The van der Waals surface area contributed by atoms with Crippen LogP contribution in [0.1, 0.15) is 23.1 Å². The van der Waals surface area contributed by atoms with Gasteiger partial charge in [0.15, 0.2) is 6.61 Å². The first-order chi connectivity index (χ1) is 16.5. The molecule has 174 valence electrons. The molecule has 7 nitrogen and oxygen atoms in total. The van der Waals surface area contributed by atoms with Gasteiger partial charge in [-0.05, 0) is 60.7 Å². The summed E-state index contributed by atoms with van der Waals surface area (Å²) in [6.07, 6.45) is 0.920. The molecule has 1 fully saturated rings. The SMILES string of the molecule is Cc1ccc2c(c1OCC(=O)O)CCC1OC1(OC(=O)N(c1ccccc1)c1ccccc1)C2. The molecule has 0 saturated carbocycles. The third kappa shape index (κ3) is 4.22. The van der Waals surface area contributed by atoms with Crippen molar-refractivity contribution >= 4 is 23.4 Å². The number of carbonyl (C=O) groups is 2. The maximum absolute atomic E-state index is 13.5. The number of aryl methyl sites for hydroxylation is 1. The van der Waals surface area contributed by atoms with Gasteiger partial charge < -0.3 is 19.3 Å². The van der Waals surface area contributed by atoms with E-state index in [9.17, 15) is 9.59 Å². The zero-order valence-corrected chi connectivity index (χ0v) is 18.8. The molecule has 2 unspecified atom stereocenters. The lowest BCUT2D eigenvalue weighted by Crippen LogP contribution is -2.34. The fraction of sp³-hybridized carbons (Fsp3) is 0.259. The number of hydrogen-bond acceptors (Lipinski definition) is 5. The number of hydrogen-bond donors (Lipinski definition) is 1. The van der Waals surface area contributed by atoms with E-state index in [0.717, 1.165) is 16.7 Å². The van der Waals surface area contributed by atoms with Gasteiger partial charge in [-0.2, -0.15) is 0 Å². The van der Waals surface area contributed by atoms with Crippen LogP contribution in [0.4, 0.5) is 16.2 Å². The van der Waals surface area contributed by atoms with Gasteiger partial charge in [0, 0.05) is 6.42 Å². The Labute approximate surface area is 197 Å². The first kappa shape index (κ1) is 22.0. The van der Waals surface area contributed by atoms with Crippen molar-refractivity contribution in [3.63, 3.8) is 0 Å². The van der Waals surface area contributed by atoms with E-state index in [4.69, 9.17) is 19.3 Å². The lowest BCUT2D eigenvalue weighted by atomic mass is 9.98. The van der Waals surface area contributed by atoms with Crippen molar-refractivity contribution in [2.75, 3.05) is 11.5 Å². The minimum Gasteiger partial charge on any atom is -0.481 e. The number of carboxylic acids is 1. The van der Waals surface area contributed by atoms with E-state index in [0.29, 0.717) is 36.4 Å². The number of carboxylic acid groups (broad SMARTS) is 1. The summed E-state index contributed by atoms with van der Waals surface area (Å²) in [5, 5.41) is 9.05. The lowest BCUT2D eigenvalue weighted by molar-refractivity contribution is -0.139. The predicted octanol–water partition coefficient (Wildman–Crippen LogP) is 5.02. The molecule has 1 aliphatic heterocycles. The number of ether oxygens (including phenoxy) is 3. The van der Waals surface area contributed by atoms with Crippen LogP contribution in [0.3, 0.4) is 0 Å². The van der Waals surface area contributed by atoms with Crippen molar-refractivity contribution in [3.8, 4) is 5.75 Å². The van der Waals surface area contributed by atoms with Crippen LogP contribution in [0.15, 0.2) is 72.8 Å². The molecular formula is C27H25NO6. The molecule has 7 heteroatoms. The molecule has 3 aromatic carbocycles. The molecule has 0 radical (unpaired) electrons. The minimum atomic E-state index is -1.05. The molecular weight excluding hydrogens is 434 g/mol. The highest BCUT2D eigenvalue weighted by molar-refractivity contribution is 5.96. The third-order valence-corrected chi connectivity index (χ3v) is 6.23. The van der Waals surface area contributed by atoms with Gasteiger partial charge in [-0.1, -0.05) is 48.5 Å². The number of nitrogens with zero attached hydrogens (tertiary/aromatic N) is 1. The molecule has 3 aromatic rings. The van der Waals surface area contributed by atoms with Gasteiger partial charge in [0.05, 0.1) is 11.4 Å². The van der Waals surface area contributed by atoms with Gasteiger partial charge >= 0.3 is 12.1 Å². The highest BCUT2D eigenvalue weighted by atomic mass is 16.8. The van der Waals surface area contributed by atoms with Crippen LogP contribution in [0, 0.1) is 6.92 Å². The second kappa shape index (κ2) is 8.83. The van der Waals surface area contributed by atoms with E-state index in [1.165, 1.54) is 4.90 Å². The topological polar surface area (TPSA) is 88.6 Å². The Morgan fingerprint density at radius 1 is 1.03 bits per heavy atom. The highest BCUT2D eigenvalue weighted by Gasteiger charge is 2.62. The van der Waals surface area contributed by atoms with Crippen LogP contribution >= 0.6 is 0 Å². The molecule has 1 aliphatic carbocycles. The summed E-state index contributed by atoms with van der Waals surface area (Å²) in [5.41, 5.74) is 4.16. The summed E-state index contributed by atoms with van der Waals surface area (Å²) in [4.78, 5) is 26.1. The van der Waals surface area contributed by atoms with Crippen LogP contribution in [-0.4, -0.2) is 35.7 Å². The minimum absolute atomic E-state index is 0.232. The zero-order valence-electron chi connectivity index (χ0n) is 18.8. The molecule has 1 heterocycles. The first-order valence-electron chi connectivity index (χ1n) is 11.2. The van der Waals surface area contributed by atoms with Crippen LogP contribution in [0.5, 0.6) is 5.75 Å². The monoisotopic (exact) mass is 459 g/mol. The molecule has 2 atom stereocenters. The molecule has 0 bridgehead atoms. The van der Waals surface area contributed by atoms with Crippen LogP contribution in [-0.2, 0) is 27.1 Å². The normalized spacial score (nSPS) is 20.3. The number of amides is 1. The first-order valence-corrected chi connectivity index (χ1v) is 11.2. The quantitative estimate of drug-likeness (QED) is 0.521. The van der Waals surface area contributed by atoms with E-state index >= 15 is 0 Å². The predicted molar refractivity (Wildman–Crippen MR) is 125 cm³/mol. The number of carbonyl (C=O) groups excluding carboxylic acids is 1. The number of aliphatic carboxylic acids is 1. The highest BCUT2D eigenvalue weighted by Crippen LogP contribution is 2.49. The summed E-state index contributed by atoms with van der Waals surface area (Å²) < 4.78 is 17.6. The van der Waals surface area contributed by atoms with Gasteiger partial charge in [0.25, 0.3) is 0 Å². The van der Waals surface area contributed by atoms with Crippen LogP contribution in [0.2, 0.25) is 0 Å². The Balaban J connectivity index is 1.42. The van der Waals surface area contributed by atoms with Crippen molar-refractivity contribution in [1.82, 2.24) is 0 Å². The second-order valence-electron chi connectivity index (χ2n) is 8.54. The van der Waals surface area contributed by atoms with E-state index < -0.39 is 24.5 Å². The summed E-state index contributed by atoms with van der Waals surface area (Å²) in [7, 11) is 0. The second-order valence-corrected chi connectivity index (χ2v) is 8.54. The van der Waals surface area contributed by atoms with E-state index in [-0.39, 0.29) is 6.10 Å². The Morgan fingerprint density at radius 2 is 1.68 bits per heavy atom. The molecule has 0 aromatic heterocycles. The molecule has 2 aliphatic rings. The van der Waals surface area contributed by atoms with Crippen molar-refractivity contribution in [2.24, 2.45) is 0 Å². The lowest BCUT2D eigenvalue weighted by Gasteiger charge is -2.25. The van der Waals surface area contributed by atoms with Gasteiger partial charge in [0.1, 0.15) is 11.9 Å². The summed E-state index contributed by atoms with van der Waals surface area (Å²) in [5.74, 6) is -1.48. The van der Waals surface area contributed by atoms with Crippen molar-refractivity contribution < 1.29 is 28.9 Å². The molecule has 1 amide bonds. The molecule has 34 heavy (non-hydrogen) atoms. The fourth-order valence-corrected chi connectivity index (χ4v) is 4.58. The van der Waals surface area contributed by atoms with Gasteiger partial charge in [-0.25, -0.2) is 14.5 Å². The summed E-state index contributed by atoms with van der Waals surface area (Å²) in [6, 6.07) is 22.6. The maximum Gasteiger partial charge on any atom is 0.421 e. The number of para-hydroxylation sites is 2. The maximum atomic E-state index is 13.5. The Hall–Kier alpha value is -3.84. The number of anilines is 2. The van der Waals surface area contributed by atoms with Crippen LogP contribution in [0.25, 0.3) is 0 Å². The molecule has 1 saturated heterocycles.